The Bertz CT molecular complexity index is 945. The average molecular weight is 470 g/mol. The second kappa shape index (κ2) is 10.8. The molecule has 0 saturated carbocycles. The number of hydrogen-bond donors (Lipinski definition) is 1. The summed E-state index contributed by atoms with van der Waals surface area (Å²) in [6.07, 6.45) is 1.79. The fraction of sp³-hybridized carbons (Fsp3) is 0.455. The quantitative estimate of drug-likeness (QED) is 0.555. The van der Waals surface area contributed by atoms with E-state index < -0.39 is 10.0 Å². The third-order valence-electron chi connectivity index (χ3n) is 5.30. The van der Waals surface area contributed by atoms with E-state index in [1.54, 1.807) is 18.2 Å². The number of nitrogens with zero attached hydrogens (tertiary/aromatic N) is 2. The summed E-state index contributed by atoms with van der Waals surface area (Å²) < 4.78 is 27.2. The summed E-state index contributed by atoms with van der Waals surface area (Å²) in [6, 6.07) is 13.5. The van der Waals surface area contributed by atoms with Crippen molar-refractivity contribution in [2.45, 2.75) is 25.5 Å². The molecule has 0 atom stereocenters. The second-order valence-electron chi connectivity index (χ2n) is 7.78. The van der Waals surface area contributed by atoms with Gasteiger partial charge in [0.05, 0.1) is 15.8 Å². The minimum Gasteiger partial charge on any atom is -0.369 e. The number of halogens is 2. The van der Waals surface area contributed by atoms with Crippen LogP contribution in [0.1, 0.15) is 24.0 Å². The van der Waals surface area contributed by atoms with Crippen LogP contribution in [0.15, 0.2) is 42.5 Å². The summed E-state index contributed by atoms with van der Waals surface area (Å²) in [7, 11) is -3.38. The Hall–Kier alpha value is -1.31. The zero-order chi connectivity index (χ0) is 21.6. The lowest BCUT2D eigenvalue weighted by molar-refractivity contribution is 0.253. The van der Waals surface area contributed by atoms with Gasteiger partial charge >= 0.3 is 0 Å². The molecular weight excluding hydrogens is 441 g/mol. The van der Waals surface area contributed by atoms with Gasteiger partial charge in [0.2, 0.25) is 10.0 Å². The minimum absolute atomic E-state index is 0.0925. The Morgan fingerprint density at radius 3 is 2.43 bits per heavy atom. The summed E-state index contributed by atoms with van der Waals surface area (Å²) >= 11 is 11.8. The summed E-state index contributed by atoms with van der Waals surface area (Å²) in [5, 5.41) is 0.789. The van der Waals surface area contributed by atoms with Crippen molar-refractivity contribution >= 4 is 38.9 Å². The highest BCUT2D eigenvalue weighted by Gasteiger charge is 2.17. The van der Waals surface area contributed by atoms with Crippen LogP contribution in [0.5, 0.6) is 0 Å². The van der Waals surface area contributed by atoms with Crippen LogP contribution in [0.4, 0.5) is 5.69 Å². The third kappa shape index (κ3) is 7.13. The molecule has 1 N–H and O–H groups in total. The van der Waals surface area contributed by atoms with Crippen LogP contribution in [0.25, 0.3) is 0 Å². The molecule has 1 fully saturated rings. The summed E-state index contributed by atoms with van der Waals surface area (Å²) in [6.45, 7) is 7.70. The van der Waals surface area contributed by atoms with Crippen molar-refractivity contribution in [3.8, 4) is 0 Å². The molecule has 1 aliphatic rings. The molecule has 30 heavy (non-hydrogen) atoms. The molecule has 1 heterocycles. The van der Waals surface area contributed by atoms with Gasteiger partial charge in [0, 0.05) is 38.4 Å². The highest BCUT2D eigenvalue weighted by molar-refractivity contribution is 7.88. The SMILES string of the molecule is Cc1cccc(N2CCN(CCCCNS(=O)(=O)Cc3ccc(Cl)c(Cl)c3)CC2)c1. The normalized spacial score (nSPS) is 15.5. The smallest absolute Gasteiger partial charge is 0.215 e. The minimum atomic E-state index is -3.38. The van der Waals surface area contributed by atoms with Gasteiger partial charge in [-0.15, -0.1) is 0 Å². The van der Waals surface area contributed by atoms with Crippen LogP contribution in [0.2, 0.25) is 10.0 Å². The highest BCUT2D eigenvalue weighted by atomic mass is 35.5. The molecule has 5 nitrogen and oxygen atoms in total. The lowest BCUT2D eigenvalue weighted by Gasteiger charge is -2.36. The topological polar surface area (TPSA) is 52.6 Å². The van der Waals surface area contributed by atoms with Crippen LogP contribution < -0.4 is 9.62 Å². The number of sulfonamides is 1. The van der Waals surface area contributed by atoms with Crippen molar-refractivity contribution in [1.82, 2.24) is 9.62 Å². The first-order valence-corrected chi connectivity index (χ1v) is 12.7. The predicted molar refractivity (Wildman–Crippen MR) is 126 cm³/mol. The third-order valence-corrected chi connectivity index (χ3v) is 7.40. The molecule has 1 aliphatic heterocycles. The van der Waals surface area contributed by atoms with Gasteiger partial charge in [-0.1, -0.05) is 41.4 Å². The molecule has 0 amide bonds. The van der Waals surface area contributed by atoms with Crippen LogP contribution in [0.3, 0.4) is 0 Å². The molecule has 0 radical (unpaired) electrons. The van der Waals surface area contributed by atoms with Gasteiger partial charge in [-0.25, -0.2) is 13.1 Å². The Kier molecular flexibility index (Phi) is 8.43. The Morgan fingerprint density at radius 2 is 1.73 bits per heavy atom. The zero-order valence-corrected chi connectivity index (χ0v) is 19.6. The molecular formula is C22H29Cl2N3O2S. The van der Waals surface area contributed by atoms with Crippen LogP contribution in [-0.2, 0) is 15.8 Å². The fourth-order valence-corrected chi connectivity index (χ4v) is 5.14. The summed E-state index contributed by atoms with van der Waals surface area (Å²) in [4.78, 5) is 4.89. The van der Waals surface area contributed by atoms with Gasteiger partial charge in [0.15, 0.2) is 0 Å². The zero-order valence-electron chi connectivity index (χ0n) is 17.3. The van der Waals surface area contributed by atoms with Crippen molar-refractivity contribution in [3.63, 3.8) is 0 Å². The molecule has 0 aromatic heterocycles. The van der Waals surface area contributed by atoms with E-state index in [9.17, 15) is 8.42 Å². The molecule has 0 unspecified atom stereocenters. The molecule has 0 spiro atoms. The monoisotopic (exact) mass is 469 g/mol. The van der Waals surface area contributed by atoms with Crippen molar-refractivity contribution in [3.05, 3.63) is 63.6 Å². The predicted octanol–water partition coefficient (Wildman–Crippen LogP) is 4.32. The van der Waals surface area contributed by atoms with Gasteiger partial charge in [0.1, 0.15) is 0 Å². The van der Waals surface area contributed by atoms with Crippen molar-refractivity contribution in [2.24, 2.45) is 0 Å². The molecule has 164 valence electrons. The molecule has 8 heteroatoms. The van der Waals surface area contributed by atoms with Gasteiger partial charge in [0.25, 0.3) is 0 Å². The van der Waals surface area contributed by atoms with E-state index in [1.165, 1.54) is 11.3 Å². The largest absolute Gasteiger partial charge is 0.369 e. The Morgan fingerprint density at radius 1 is 0.967 bits per heavy atom. The van der Waals surface area contributed by atoms with Crippen molar-refractivity contribution in [2.75, 3.05) is 44.2 Å². The van der Waals surface area contributed by atoms with E-state index >= 15 is 0 Å². The fourth-order valence-electron chi connectivity index (χ4n) is 3.64. The second-order valence-corrected chi connectivity index (χ2v) is 10.4. The number of anilines is 1. The van der Waals surface area contributed by atoms with Gasteiger partial charge in [-0.3, -0.25) is 4.90 Å². The molecule has 3 rings (SSSR count). The number of rotatable bonds is 9. The standard InChI is InChI=1S/C22H29Cl2N3O2S/c1-18-5-4-6-20(15-18)27-13-11-26(12-14-27)10-3-2-9-25-30(28,29)17-19-7-8-21(23)22(24)16-19/h4-8,15-16,25H,2-3,9-14,17H2,1H3. The summed E-state index contributed by atoms with van der Waals surface area (Å²) in [5.41, 5.74) is 3.21. The maximum Gasteiger partial charge on any atom is 0.215 e. The average Bonchev–Trinajstić information content (AvgIpc) is 2.71. The van der Waals surface area contributed by atoms with Gasteiger partial charge < -0.3 is 4.90 Å². The number of nitrogens with one attached hydrogen (secondary N) is 1. The van der Waals surface area contributed by atoms with E-state index in [0.29, 0.717) is 22.2 Å². The maximum atomic E-state index is 12.3. The van der Waals surface area contributed by atoms with Crippen molar-refractivity contribution < 1.29 is 8.42 Å². The number of unbranched alkanes of at least 4 members (excludes halogenated alkanes) is 1. The first-order chi connectivity index (χ1) is 14.3. The first kappa shape index (κ1) is 23.4. The van der Waals surface area contributed by atoms with E-state index in [2.05, 4.69) is 45.7 Å². The van der Waals surface area contributed by atoms with Crippen molar-refractivity contribution in [1.29, 1.82) is 0 Å². The van der Waals surface area contributed by atoms with Crippen LogP contribution in [-0.4, -0.2) is 52.6 Å². The highest BCUT2D eigenvalue weighted by Crippen LogP contribution is 2.23. The lowest BCUT2D eigenvalue weighted by atomic mass is 10.2. The number of benzene rings is 2. The summed E-state index contributed by atoms with van der Waals surface area (Å²) in [5.74, 6) is -0.0925. The Balaban J connectivity index is 1.33. The van der Waals surface area contributed by atoms with Crippen LogP contribution >= 0.6 is 23.2 Å². The number of piperazine rings is 1. The van der Waals surface area contributed by atoms with Gasteiger partial charge in [-0.05, 0) is 61.7 Å². The Labute approximate surface area is 190 Å². The lowest BCUT2D eigenvalue weighted by Crippen LogP contribution is -2.46. The van der Waals surface area contributed by atoms with E-state index in [-0.39, 0.29) is 5.75 Å². The van der Waals surface area contributed by atoms with Crippen LogP contribution in [0, 0.1) is 6.92 Å². The first-order valence-electron chi connectivity index (χ1n) is 10.3. The molecule has 0 bridgehead atoms. The van der Waals surface area contributed by atoms with E-state index in [1.807, 2.05) is 0 Å². The molecule has 2 aromatic carbocycles. The molecule has 0 aliphatic carbocycles. The molecule has 1 saturated heterocycles. The number of aryl methyl sites for hydroxylation is 1. The molecule has 2 aromatic rings. The van der Waals surface area contributed by atoms with Gasteiger partial charge in [-0.2, -0.15) is 0 Å². The van der Waals surface area contributed by atoms with E-state index in [0.717, 1.165) is 45.6 Å². The number of hydrogen-bond acceptors (Lipinski definition) is 4. The van der Waals surface area contributed by atoms with E-state index in [4.69, 9.17) is 23.2 Å². The maximum absolute atomic E-state index is 12.3.